The maximum atomic E-state index is 10.6. The van der Waals surface area contributed by atoms with E-state index < -0.39 is 0 Å². The highest BCUT2D eigenvalue weighted by molar-refractivity contribution is 7.14. The Labute approximate surface area is 118 Å². The van der Waals surface area contributed by atoms with E-state index in [1.54, 1.807) is 28.8 Å². The molecular weight excluding hydrogens is 274 g/mol. The fourth-order valence-electron chi connectivity index (χ4n) is 2.00. The van der Waals surface area contributed by atoms with Crippen LogP contribution in [0.1, 0.15) is 0 Å². The van der Waals surface area contributed by atoms with Crippen molar-refractivity contribution in [2.75, 3.05) is 0 Å². The molecule has 0 bridgehead atoms. The first-order valence-electron chi connectivity index (χ1n) is 5.69. The molecule has 0 unspecified atom stereocenters. The molecule has 0 atom stereocenters. The number of rotatable bonds is 3. The molecule has 92 valence electrons. The largest absolute Gasteiger partial charge is 0.240 e. The number of isocyanates is 1. The molecule has 0 N–H and O–H groups in total. The van der Waals surface area contributed by atoms with Gasteiger partial charge in [0.15, 0.2) is 0 Å². The topological polar surface area (TPSA) is 29.4 Å². The summed E-state index contributed by atoms with van der Waals surface area (Å²) < 4.78 is 0. The van der Waals surface area contributed by atoms with E-state index in [0.717, 1.165) is 16.0 Å². The van der Waals surface area contributed by atoms with Crippen LogP contribution in [0.25, 0.3) is 20.9 Å². The van der Waals surface area contributed by atoms with Crippen LogP contribution < -0.4 is 0 Å². The van der Waals surface area contributed by atoms with Gasteiger partial charge >= 0.3 is 0 Å². The van der Waals surface area contributed by atoms with Gasteiger partial charge < -0.3 is 0 Å². The fraction of sp³-hybridized carbons (Fsp3) is 0. The quantitative estimate of drug-likeness (QED) is 0.485. The van der Waals surface area contributed by atoms with Gasteiger partial charge in [-0.2, -0.15) is 4.99 Å². The molecule has 0 fully saturated rings. The third-order valence-electron chi connectivity index (χ3n) is 2.76. The summed E-state index contributed by atoms with van der Waals surface area (Å²) in [6.45, 7) is 0. The Morgan fingerprint density at radius 3 is 2.26 bits per heavy atom. The molecular formula is C15H9NOS2. The van der Waals surface area contributed by atoms with Gasteiger partial charge in [0.05, 0.1) is 5.69 Å². The van der Waals surface area contributed by atoms with Gasteiger partial charge in [0.25, 0.3) is 0 Å². The molecule has 19 heavy (non-hydrogen) atoms. The lowest BCUT2D eigenvalue weighted by molar-refractivity contribution is 0.565. The Balaban J connectivity index is 2.31. The number of aliphatic imine (C=N–C) groups is 1. The molecule has 3 rings (SSSR count). The molecule has 0 spiro atoms. The van der Waals surface area contributed by atoms with E-state index in [0.29, 0.717) is 5.69 Å². The van der Waals surface area contributed by atoms with E-state index in [4.69, 9.17) is 0 Å². The van der Waals surface area contributed by atoms with Crippen LogP contribution in [0.15, 0.2) is 58.2 Å². The van der Waals surface area contributed by atoms with Crippen molar-refractivity contribution in [1.82, 2.24) is 0 Å². The molecule has 1 aromatic carbocycles. The zero-order chi connectivity index (χ0) is 13.1. The minimum absolute atomic E-state index is 0.670. The summed E-state index contributed by atoms with van der Waals surface area (Å²) in [5.41, 5.74) is 2.78. The van der Waals surface area contributed by atoms with Crippen molar-refractivity contribution in [2.24, 2.45) is 4.99 Å². The Morgan fingerprint density at radius 1 is 0.895 bits per heavy atom. The van der Waals surface area contributed by atoms with Crippen LogP contribution in [-0.2, 0) is 4.79 Å². The predicted octanol–water partition coefficient (Wildman–Crippen LogP) is 5.11. The second-order valence-electron chi connectivity index (χ2n) is 3.86. The van der Waals surface area contributed by atoms with Crippen molar-refractivity contribution >= 4 is 34.4 Å². The van der Waals surface area contributed by atoms with Crippen LogP contribution in [0.3, 0.4) is 0 Å². The van der Waals surface area contributed by atoms with Crippen molar-refractivity contribution < 1.29 is 4.79 Å². The summed E-state index contributed by atoms with van der Waals surface area (Å²) in [6.07, 6.45) is 1.64. The highest BCUT2D eigenvalue weighted by atomic mass is 32.1. The summed E-state index contributed by atoms with van der Waals surface area (Å²) in [5, 5.41) is 4.07. The van der Waals surface area contributed by atoms with Gasteiger partial charge in [-0.25, -0.2) is 4.79 Å². The highest BCUT2D eigenvalue weighted by Crippen LogP contribution is 2.42. The van der Waals surface area contributed by atoms with Gasteiger partial charge in [-0.3, -0.25) is 0 Å². The van der Waals surface area contributed by atoms with E-state index in [1.807, 2.05) is 41.1 Å². The molecule has 0 radical (unpaired) electrons. The average Bonchev–Trinajstić information content (AvgIpc) is 3.12. The Kier molecular flexibility index (Phi) is 3.38. The summed E-state index contributed by atoms with van der Waals surface area (Å²) in [6, 6.07) is 14.0. The minimum atomic E-state index is 0.670. The van der Waals surface area contributed by atoms with Gasteiger partial charge in [0.1, 0.15) is 0 Å². The standard InChI is InChI=1S/C15H9NOS2/c17-10-16-12-5-1-4-11(13-6-2-8-18-13)15(12)14-7-3-9-19-14/h1-9H. The Morgan fingerprint density at radius 2 is 1.63 bits per heavy atom. The number of thiophene rings is 2. The molecule has 2 aromatic heterocycles. The number of hydrogen-bond donors (Lipinski definition) is 0. The normalized spacial score (nSPS) is 10.1. The lowest BCUT2D eigenvalue weighted by Crippen LogP contribution is -1.81. The molecule has 0 aliphatic carbocycles. The summed E-state index contributed by atoms with van der Waals surface area (Å²) >= 11 is 3.32. The monoisotopic (exact) mass is 283 g/mol. The second kappa shape index (κ2) is 5.33. The van der Waals surface area contributed by atoms with Gasteiger partial charge in [-0.1, -0.05) is 24.3 Å². The first-order chi connectivity index (χ1) is 9.40. The third-order valence-corrected chi connectivity index (χ3v) is 4.55. The first-order valence-corrected chi connectivity index (χ1v) is 7.44. The smallest absolute Gasteiger partial charge is 0.211 e. The van der Waals surface area contributed by atoms with Gasteiger partial charge in [-0.15, -0.1) is 22.7 Å². The number of nitrogens with zero attached hydrogens (tertiary/aromatic N) is 1. The van der Waals surface area contributed by atoms with Crippen LogP contribution in [0.2, 0.25) is 0 Å². The molecule has 2 heterocycles. The molecule has 0 amide bonds. The van der Waals surface area contributed by atoms with E-state index in [9.17, 15) is 4.79 Å². The lowest BCUT2D eigenvalue weighted by Gasteiger charge is -2.08. The number of hydrogen-bond acceptors (Lipinski definition) is 4. The van der Waals surface area contributed by atoms with Crippen molar-refractivity contribution in [3.8, 4) is 20.9 Å². The van der Waals surface area contributed by atoms with Gasteiger partial charge in [-0.05, 0) is 29.0 Å². The SMILES string of the molecule is O=C=Nc1cccc(-c2cccs2)c1-c1cccs1. The molecule has 0 saturated carbocycles. The predicted molar refractivity (Wildman–Crippen MR) is 80.8 cm³/mol. The molecule has 0 aliphatic heterocycles. The van der Waals surface area contributed by atoms with Crippen molar-refractivity contribution in [2.45, 2.75) is 0 Å². The average molecular weight is 283 g/mol. The Bertz CT molecular complexity index is 724. The molecule has 0 saturated heterocycles. The van der Waals surface area contributed by atoms with Crippen molar-refractivity contribution in [3.05, 3.63) is 53.2 Å². The fourth-order valence-corrected chi connectivity index (χ4v) is 3.55. The van der Waals surface area contributed by atoms with Crippen LogP contribution >= 0.6 is 22.7 Å². The van der Waals surface area contributed by atoms with Crippen molar-refractivity contribution in [3.63, 3.8) is 0 Å². The van der Waals surface area contributed by atoms with E-state index >= 15 is 0 Å². The van der Waals surface area contributed by atoms with Gasteiger partial charge in [0, 0.05) is 20.9 Å². The van der Waals surface area contributed by atoms with Crippen molar-refractivity contribution in [1.29, 1.82) is 0 Å². The second-order valence-corrected chi connectivity index (χ2v) is 5.75. The summed E-state index contributed by atoms with van der Waals surface area (Å²) in [5.74, 6) is 0. The summed E-state index contributed by atoms with van der Waals surface area (Å²) in [7, 11) is 0. The molecule has 0 aliphatic rings. The van der Waals surface area contributed by atoms with Crippen LogP contribution in [0.5, 0.6) is 0 Å². The zero-order valence-corrected chi connectivity index (χ0v) is 11.5. The highest BCUT2D eigenvalue weighted by Gasteiger charge is 2.13. The van der Waals surface area contributed by atoms with Crippen LogP contribution in [0.4, 0.5) is 5.69 Å². The van der Waals surface area contributed by atoms with E-state index in [-0.39, 0.29) is 0 Å². The number of carbonyl (C=O) groups excluding carboxylic acids is 1. The Hall–Kier alpha value is -2.00. The third kappa shape index (κ3) is 2.29. The van der Waals surface area contributed by atoms with E-state index in [2.05, 4.69) is 17.1 Å². The zero-order valence-electron chi connectivity index (χ0n) is 9.87. The lowest BCUT2D eigenvalue weighted by atomic mass is 10.0. The van der Waals surface area contributed by atoms with Gasteiger partial charge in [0.2, 0.25) is 6.08 Å². The maximum Gasteiger partial charge on any atom is 0.240 e. The maximum absolute atomic E-state index is 10.6. The first kappa shape index (κ1) is 12.1. The molecule has 4 heteroatoms. The minimum Gasteiger partial charge on any atom is -0.211 e. The van der Waals surface area contributed by atoms with Crippen LogP contribution in [0, 0.1) is 0 Å². The molecule has 2 nitrogen and oxygen atoms in total. The molecule has 3 aromatic rings. The van der Waals surface area contributed by atoms with Crippen LogP contribution in [-0.4, -0.2) is 6.08 Å². The number of benzene rings is 1. The van der Waals surface area contributed by atoms with E-state index in [1.165, 1.54) is 4.88 Å². The summed E-state index contributed by atoms with van der Waals surface area (Å²) in [4.78, 5) is 16.7.